The van der Waals surface area contributed by atoms with Crippen LogP contribution in [0.15, 0.2) is 54.6 Å². The predicted octanol–water partition coefficient (Wildman–Crippen LogP) is 4.74. The Bertz CT molecular complexity index is 911. The fraction of sp³-hybridized carbons (Fsp3) is 0.238. The van der Waals surface area contributed by atoms with Gasteiger partial charge in [0.25, 0.3) is 0 Å². The quantitative estimate of drug-likeness (QED) is 0.679. The Balaban J connectivity index is 1.60. The topological polar surface area (TPSA) is 41.1 Å². The largest absolute Gasteiger partial charge is 0.340 e. The minimum atomic E-state index is 0.301. The van der Waals surface area contributed by atoms with Crippen LogP contribution in [0.3, 0.4) is 0 Å². The van der Waals surface area contributed by atoms with Gasteiger partial charge in [-0.3, -0.25) is 4.90 Å². The summed E-state index contributed by atoms with van der Waals surface area (Å²) in [5.41, 5.74) is 5.72. The van der Waals surface area contributed by atoms with E-state index < -0.39 is 0 Å². The number of aromatic nitrogens is 2. The van der Waals surface area contributed by atoms with Crippen LogP contribution in [0.1, 0.15) is 22.4 Å². The van der Waals surface area contributed by atoms with E-state index in [0.29, 0.717) is 5.28 Å². The molecule has 0 unspecified atom stereocenters. The molecule has 1 N–H and O–H groups in total. The SMILES string of the molecule is Cc1cccc(Nc2nc(Cl)nc3c2CN(Cc2ccccc2)CC3)c1. The van der Waals surface area contributed by atoms with Crippen LogP contribution in [0.2, 0.25) is 5.28 Å². The van der Waals surface area contributed by atoms with Crippen molar-refractivity contribution in [2.75, 3.05) is 11.9 Å². The number of hydrogen-bond acceptors (Lipinski definition) is 4. The first kappa shape index (κ1) is 17.0. The van der Waals surface area contributed by atoms with Gasteiger partial charge in [-0.15, -0.1) is 0 Å². The van der Waals surface area contributed by atoms with Crippen molar-refractivity contribution in [2.24, 2.45) is 0 Å². The molecule has 0 spiro atoms. The minimum absolute atomic E-state index is 0.301. The molecule has 5 heteroatoms. The lowest BCUT2D eigenvalue weighted by Gasteiger charge is -2.29. The van der Waals surface area contributed by atoms with E-state index in [2.05, 4.69) is 69.6 Å². The molecule has 4 nitrogen and oxygen atoms in total. The van der Waals surface area contributed by atoms with E-state index >= 15 is 0 Å². The van der Waals surface area contributed by atoms with Crippen LogP contribution in [-0.4, -0.2) is 21.4 Å². The number of anilines is 2. The van der Waals surface area contributed by atoms with Gasteiger partial charge >= 0.3 is 0 Å². The van der Waals surface area contributed by atoms with Crippen LogP contribution >= 0.6 is 11.6 Å². The Labute approximate surface area is 158 Å². The highest BCUT2D eigenvalue weighted by Crippen LogP contribution is 2.28. The first-order valence-corrected chi connectivity index (χ1v) is 9.20. The van der Waals surface area contributed by atoms with Gasteiger partial charge in [-0.05, 0) is 41.8 Å². The molecule has 3 aromatic rings. The number of benzene rings is 2. The molecule has 132 valence electrons. The van der Waals surface area contributed by atoms with Crippen LogP contribution in [-0.2, 0) is 19.5 Å². The van der Waals surface area contributed by atoms with Crippen molar-refractivity contribution in [1.29, 1.82) is 0 Å². The summed E-state index contributed by atoms with van der Waals surface area (Å²) in [4.78, 5) is 11.4. The molecule has 2 heterocycles. The Kier molecular flexibility index (Phi) is 4.87. The fourth-order valence-electron chi connectivity index (χ4n) is 3.38. The number of halogens is 1. The van der Waals surface area contributed by atoms with Crippen LogP contribution in [0.5, 0.6) is 0 Å². The molecular formula is C21H21ClN4. The summed E-state index contributed by atoms with van der Waals surface area (Å²) in [6.45, 7) is 4.79. The molecule has 0 saturated carbocycles. The second kappa shape index (κ2) is 7.44. The third kappa shape index (κ3) is 3.87. The fourth-order valence-corrected chi connectivity index (χ4v) is 3.57. The lowest BCUT2D eigenvalue weighted by atomic mass is 10.0. The van der Waals surface area contributed by atoms with Crippen molar-refractivity contribution >= 4 is 23.1 Å². The molecule has 0 radical (unpaired) electrons. The zero-order valence-corrected chi connectivity index (χ0v) is 15.5. The molecule has 0 saturated heterocycles. The third-order valence-corrected chi connectivity index (χ3v) is 4.81. The van der Waals surface area contributed by atoms with Gasteiger partial charge in [0.05, 0.1) is 5.69 Å². The van der Waals surface area contributed by atoms with Crippen molar-refractivity contribution in [1.82, 2.24) is 14.9 Å². The number of nitrogens with zero attached hydrogens (tertiary/aromatic N) is 3. The Morgan fingerprint density at radius 1 is 1.08 bits per heavy atom. The monoisotopic (exact) mass is 364 g/mol. The van der Waals surface area contributed by atoms with Crippen molar-refractivity contribution in [3.8, 4) is 0 Å². The third-order valence-electron chi connectivity index (χ3n) is 4.64. The lowest BCUT2D eigenvalue weighted by molar-refractivity contribution is 0.243. The summed E-state index contributed by atoms with van der Waals surface area (Å²) in [5.74, 6) is 0.809. The van der Waals surface area contributed by atoms with Crippen molar-refractivity contribution < 1.29 is 0 Å². The molecule has 0 amide bonds. The summed E-state index contributed by atoms with van der Waals surface area (Å²) < 4.78 is 0. The summed E-state index contributed by atoms with van der Waals surface area (Å²) in [6.07, 6.45) is 0.882. The van der Waals surface area contributed by atoms with Gasteiger partial charge < -0.3 is 5.32 Å². The van der Waals surface area contributed by atoms with Crippen LogP contribution in [0.25, 0.3) is 0 Å². The summed E-state index contributed by atoms with van der Waals surface area (Å²) in [5, 5.41) is 3.74. The van der Waals surface area contributed by atoms with E-state index in [1.54, 1.807) is 0 Å². The summed E-state index contributed by atoms with van der Waals surface area (Å²) in [7, 11) is 0. The zero-order chi connectivity index (χ0) is 17.9. The normalized spacial score (nSPS) is 14.1. The van der Waals surface area contributed by atoms with Crippen LogP contribution < -0.4 is 5.32 Å². The first-order chi connectivity index (χ1) is 12.7. The van der Waals surface area contributed by atoms with Crippen LogP contribution in [0.4, 0.5) is 11.5 Å². The van der Waals surface area contributed by atoms with Crippen molar-refractivity contribution in [2.45, 2.75) is 26.4 Å². The lowest BCUT2D eigenvalue weighted by Crippen LogP contribution is -2.31. The maximum Gasteiger partial charge on any atom is 0.224 e. The maximum atomic E-state index is 6.17. The molecule has 4 rings (SSSR count). The molecule has 0 aliphatic carbocycles. The standard InChI is InChI=1S/C21H21ClN4/c1-15-6-5-9-17(12-15)23-20-18-14-26(13-16-7-3-2-4-8-16)11-10-19(18)24-21(22)25-20/h2-9,12H,10-11,13-14H2,1H3,(H,23,24,25). The van der Waals surface area contributed by atoms with Crippen LogP contribution in [0, 0.1) is 6.92 Å². The number of hydrogen-bond donors (Lipinski definition) is 1. The van der Waals surface area contributed by atoms with Gasteiger partial charge in [-0.25, -0.2) is 9.97 Å². The highest BCUT2D eigenvalue weighted by atomic mass is 35.5. The summed E-state index contributed by atoms with van der Waals surface area (Å²) >= 11 is 6.17. The molecule has 1 aliphatic rings. The average molecular weight is 365 g/mol. The highest BCUT2D eigenvalue weighted by molar-refractivity contribution is 6.28. The zero-order valence-electron chi connectivity index (χ0n) is 14.7. The second-order valence-corrected chi connectivity index (χ2v) is 7.05. The van der Waals surface area contributed by atoms with Gasteiger partial charge in [0.2, 0.25) is 5.28 Å². The van der Waals surface area contributed by atoms with Gasteiger partial charge in [-0.2, -0.15) is 0 Å². The van der Waals surface area contributed by atoms with E-state index in [0.717, 1.165) is 48.8 Å². The molecule has 0 atom stereocenters. The Hall–Kier alpha value is -2.43. The maximum absolute atomic E-state index is 6.17. The van der Waals surface area contributed by atoms with E-state index in [-0.39, 0.29) is 0 Å². The van der Waals surface area contributed by atoms with Gasteiger partial charge in [-0.1, -0.05) is 42.5 Å². The van der Waals surface area contributed by atoms with E-state index in [1.165, 1.54) is 11.1 Å². The van der Waals surface area contributed by atoms with Gasteiger partial charge in [0, 0.05) is 37.3 Å². The Morgan fingerprint density at radius 2 is 1.92 bits per heavy atom. The molecule has 26 heavy (non-hydrogen) atoms. The number of fused-ring (bicyclic) bond motifs is 1. The second-order valence-electron chi connectivity index (χ2n) is 6.71. The van der Waals surface area contributed by atoms with Crippen molar-refractivity contribution in [3.63, 3.8) is 0 Å². The average Bonchev–Trinajstić information content (AvgIpc) is 2.63. The number of nitrogens with one attached hydrogen (secondary N) is 1. The first-order valence-electron chi connectivity index (χ1n) is 8.82. The van der Waals surface area contributed by atoms with Gasteiger partial charge in [0.1, 0.15) is 5.82 Å². The molecule has 1 aromatic heterocycles. The molecule has 0 bridgehead atoms. The molecule has 0 fully saturated rings. The number of aryl methyl sites for hydroxylation is 1. The smallest absolute Gasteiger partial charge is 0.224 e. The molecule has 1 aliphatic heterocycles. The van der Waals surface area contributed by atoms with Gasteiger partial charge in [0.15, 0.2) is 0 Å². The molecule has 2 aromatic carbocycles. The minimum Gasteiger partial charge on any atom is -0.340 e. The summed E-state index contributed by atoms with van der Waals surface area (Å²) in [6, 6.07) is 18.8. The predicted molar refractivity (Wildman–Crippen MR) is 106 cm³/mol. The van der Waals surface area contributed by atoms with E-state index in [9.17, 15) is 0 Å². The molecular weight excluding hydrogens is 344 g/mol. The van der Waals surface area contributed by atoms with E-state index in [1.807, 2.05) is 12.1 Å². The van der Waals surface area contributed by atoms with Crippen molar-refractivity contribution in [3.05, 3.63) is 82.3 Å². The number of rotatable bonds is 4. The van der Waals surface area contributed by atoms with E-state index in [4.69, 9.17) is 11.6 Å². The highest BCUT2D eigenvalue weighted by Gasteiger charge is 2.22. The Morgan fingerprint density at radius 3 is 2.73 bits per heavy atom.